The minimum Gasteiger partial charge on any atom is -0.450 e. The molecule has 0 bridgehead atoms. The summed E-state index contributed by atoms with van der Waals surface area (Å²) >= 11 is 0. The minimum atomic E-state index is -1.11. The van der Waals surface area contributed by atoms with Crippen molar-refractivity contribution in [1.29, 1.82) is 0 Å². The second-order valence-corrected chi connectivity index (χ2v) is 6.37. The third kappa shape index (κ3) is 3.75. The van der Waals surface area contributed by atoms with Gasteiger partial charge in [-0.1, -0.05) is 0 Å². The van der Waals surface area contributed by atoms with Crippen LogP contribution in [0.25, 0.3) is 0 Å². The fraction of sp³-hybridized carbons (Fsp3) is 0.714. The summed E-state index contributed by atoms with van der Waals surface area (Å²) in [6.07, 6.45) is -0.779. The molecule has 2 aliphatic rings. The first-order chi connectivity index (χ1) is 10.2. The molecule has 2 fully saturated rings. The van der Waals surface area contributed by atoms with E-state index in [9.17, 15) is 19.2 Å². The molecule has 3 amide bonds. The maximum atomic E-state index is 12.2. The Labute approximate surface area is 128 Å². The van der Waals surface area contributed by atoms with Crippen molar-refractivity contribution in [1.82, 2.24) is 10.2 Å². The maximum absolute atomic E-state index is 12.2. The Morgan fingerprint density at radius 1 is 1.27 bits per heavy atom. The topological polar surface area (TPSA) is 102 Å². The highest BCUT2D eigenvalue weighted by Crippen LogP contribution is 2.23. The van der Waals surface area contributed by atoms with Crippen LogP contribution in [-0.4, -0.2) is 53.1 Å². The third-order valence-corrected chi connectivity index (χ3v) is 3.34. The number of rotatable bonds is 2. The van der Waals surface area contributed by atoms with Crippen molar-refractivity contribution in [3.05, 3.63) is 0 Å². The van der Waals surface area contributed by atoms with Crippen molar-refractivity contribution >= 4 is 23.9 Å². The van der Waals surface area contributed by atoms with Crippen molar-refractivity contribution in [3.8, 4) is 0 Å². The third-order valence-electron chi connectivity index (χ3n) is 3.34. The number of nitrogens with one attached hydrogen (secondary N) is 1. The smallest absolute Gasteiger partial charge is 0.411 e. The van der Waals surface area contributed by atoms with Gasteiger partial charge < -0.3 is 9.47 Å². The molecule has 1 N–H and O–H groups in total. The van der Waals surface area contributed by atoms with Crippen LogP contribution in [0.1, 0.15) is 40.0 Å². The lowest BCUT2D eigenvalue weighted by molar-refractivity contribution is -0.158. The Balaban J connectivity index is 1.98. The second-order valence-electron chi connectivity index (χ2n) is 6.37. The molecule has 0 radical (unpaired) electrons. The van der Waals surface area contributed by atoms with Crippen LogP contribution in [0.15, 0.2) is 0 Å². The zero-order valence-corrected chi connectivity index (χ0v) is 12.9. The summed E-state index contributed by atoms with van der Waals surface area (Å²) in [7, 11) is 0. The summed E-state index contributed by atoms with van der Waals surface area (Å²) in [5.41, 5.74) is -0.661. The maximum Gasteiger partial charge on any atom is 0.411 e. The molecule has 2 aliphatic heterocycles. The van der Waals surface area contributed by atoms with Gasteiger partial charge in [-0.25, -0.2) is 9.59 Å². The van der Waals surface area contributed by atoms with Gasteiger partial charge in [-0.3, -0.25) is 19.8 Å². The first-order valence-electron chi connectivity index (χ1n) is 7.21. The Morgan fingerprint density at radius 2 is 1.95 bits per heavy atom. The average Bonchev–Trinajstić information content (AvgIpc) is 2.94. The summed E-state index contributed by atoms with van der Waals surface area (Å²) in [5.74, 6) is -1.78. The molecule has 0 aromatic heterocycles. The highest BCUT2D eigenvalue weighted by molar-refractivity contribution is 6.05. The lowest BCUT2D eigenvalue weighted by atomic mass is 10.2. The predicted molar refractivity (Wildman–Crippen MR) is 73.6 cm³/mol. The molecular weight excluding hydrogens is 292 g/mol. The molecule has 0 aromatic rings. The van der Waals surface area contributed by atoms with E-state index in [0.29, 0.717) is 19.4 Å². The van der Waals surface area contributed by atoms with Crippen LogP contribution in [0.5, 0.6) is 0 Å². The first-order valence-corrected chi connectivity index (χ1v) is 7.21. The summed E-state index contributed by atoms with van der Waals surface area (Å²) < 4.78 is 10.3. The quantitative estimate of drug-likeness (QED) is 0.583. The monoisotopic (exact) mass is 312 g/mol. The fourth-order valence-electron chi connectivity index (χ4n) is 2.39. The number of carbonyl (C=O) groups is 4. The van der Waals surface area contributed by atoms with Gasteiger partial charge in [0, 0.05) is 6.54 Å². The average molecular weight is 312 g/mol. The number of esters is 1. The van der Waals surface area contributed by atoms with Gasteiger partial charge in [-0.2, -0.15) is 0 Å². The molecule has 0 unspecified atom stereocenters. The zero-order valence-electron chi connectivity index (χ0n) is 12.9. The van der Waals surface area contributed by atoms with E-state index >= 15 is 0 Å². The molecule has 0 aromatic carbocycles. The summed E-state index contributed by atoms with van der Waals surface area (Å²) in [6.45, 7) is 5.61. The van der Waals surface area contributed by atoms with Gasteiger partial charge in [-0.15, -0.1) is 0 Å². The molecule has 8 heteroatoms. The molecule has 0 aliphatic carbocycles. The van der Waals surface area contributed by atoms with Crippen molar-refractivity contribution in [3.63, 3.8) is 0 Å². The van der Waals surface area contributed by atoms with Crippen LogP contribution < -0.4 is 5.32 Å². The number of carbonyl (C=O) groups excluding carboxylic acids is 4. The molecular formula is C14H20N2O6. The van der Waals surface area contributed by atoms with E-state index in [2.05, 4.69) is 5.32 Å². The summed E-state index contributed by atoms with van der Waals surface area (Å²) in [4.78, 5) is 48.1. The van der Waals surface area contributed by atoms with Gasteiger partial charge in [0.2, 0.25) is 5.91 Å². The van der Waals surface area contributed by atoms with E-state index in [1.54, 1.807) is 20.8 Å². The molecule has 0 spiro atoms. The van der Waals surface area contributed by atoms with Crippen LogP contribution in [0, 0.1) is 0 Å². The lowest BCUT2D eigenvalue weighted by Gasteiger charge is -2.27. The molecule has 2 heterocycles. The molecule has 2 saturated heterocycles. The Kier molecular flexibility index (Phi) is 4.39. The van der Waals surface area contributed by atoms with E-state index in [-0.39, 0.29) is 6.42 Å². The van der Waals surface area contributed by atoms with E-state index in [1.807, 2.05) is 0 Å². The number of hydrogen-bond acceptors (Lipinski definition) is 6. The SMILES string of the molecule is CC(C)(C)OC(=O)N1CCC[C@H]1C(=O)O[C@@H]1CC(=O)NC1=O. The number of hydrogen-bond donors (Lipinski definition) is 1. The van der Waals surface area contributed by atoms with Gasteiger partial charge in [0.1, 0.15) is 11.6 Å². The number of nitrogens with zero attached hydrogens (tertiary/aromatic N) is 1. The van der Waals surface area contributed by atoms with Crippen LogP contribution in [0.4, 0.5) is 4.79 Å². The number of ether oxygens (including phenoxy) is 2. The van der Waals surface area contributed by atoms with Crippen molar-refractivity contribution in [2.45, 2.75) is 57.8 Å². The second kappa shape index (κ2) is 5.94. The lowest BCUT2D eigenvalue weighted by Crippen LogP contribution is -2.45. The van der Waals surface area contributed by atoms with Crippen LogP contribution in [-0.2, 0) is 23.9 Å². The number of likely N-dealkylation sites (tertiary alicyclic amines) is 1. The van der Waals surface area contributed by atoms with Gasteiger partial charge >= 0.3 is 12.1 Å². The van der Waals surface area contributed by atoms with Gasteiger partial charge in [0.15, 0.2) is 6.10 Å². The van der Waals surface area contributed by atoms with Crippen LogP contribution in [0.3, 0.4) is 0 Å². The van der Waals surface area contributed by atoms with Gasteiger partial charge in [0.05, 0.1) is 6.42 Å². The zero-order chi connectivity index (χ0) is 16.5. The Bertz CT molecular complexity index is 510. The standard InChI is InChI=1S/C14H20N2O6/c1-14(2,3)22-13(20)16-6-4-5-8(16)12(19)21-9-7-10(17)15-11(9)18/h8-9H,4-7H2,1-3H3,(H,15,17,18)/t8-,9+/m0/s1. The highest BCUT2D eigenvalue weighted by Gasteiger charge is 2.41. The first kappa shape index (κ1) is 16.3. The van der Waals surface area contributed by atoms with Gasteiger partial charge in [0.25, 0.3) is 5.91 Å². The predicted octanol–water partition coefficient (Wildman–Crippen LogP) is 0.344. The number of amides is 3. The molecule has 0 saturated carbocycles. The molecule has 2 atom stereocenters. The molecule has 122 valence electrons. The molecule has 22 heavy (non-hydrogen) atoms. The Hall–Kier alpha value is -2.12. The summed E-state index contributed by atoms with van der Waals surface area (Å²) in [6, 6.07) is -0.779. The summed E-state index contributed by atoms with van der Waals surface area (Å²) in [5, 5.41) is 2.07. The largest absolute Gasteiger partial charge is 0.450 e. The highest BCUT2D eigenvalue weighted by atomic mass is 16.6. The van der Waals surface area contributed by atoms with E-state index in [0.717, 1.165) is 0 Å². The molecule has 2 rings (SSSR count). The van der Waals surface area contributed by atoms with E-state index < -0.39 is 41.6 Å². The van der Waals surface area contributed by atoms with Crippen LogP contribution in [0.2, 0.25) is 0 Å². The van der Waals surface area contributed by atoms with Crippen LogP contribution >= 0.6 is 0 Å². The van der Waals surface area contributed by atoms with Crippen molar-refractivity contribution in [2.75, 3.05) is 6.54 Å². The Morgan fingerprint density at radius 3 is 2.50 bits per heavy atom. The van der Waals surface area contributed by atoms with Crippen molar-refractivity contribution < 1.29 is 28.7 Å². The minimum absolute atomic E-state index is 0.177. The fourth-order valence-corrected chi connectivity index (χ4v) is 2.39. The molecule has 8 nitrogen and oxygen atoms in total. The normalized spacial score (nSPS) is 25.1. The van der Waals surface area contributed by atoms with E-state index in [1.165, 1.54) is 4.90 Å². The number of imide groups is 1. The van der Waals surface area contributed by atoms with Gasteiger partial charge in [-0.05, 0) is 33.6 Å². The van der Waals surface area contributed by atoms with Crippen molar-refractivity contribution in [2.24, 2.45) is 0 Å². The van der Waals surface area contributed by atoms with E-state index in [4.69, 9.17) is 9.47 Å².